The van der Waals surface area contributed by atoms with Crippen LogP contribution in [0.25, 0.3) is 0 Å². The highest BCUT2D eigenvalue weighted by molar-refractivity contribution is 7.89. The molecular formula is C16H23FN2O5S. The van der Waals surface area contributed by atoms with Crippen LogP contribution in [-0.2, 0) is 19.6 Å². The van der Waals surface area contributed by atoms with E-state index in [9.17, 15) is 22.4 Å². The van der Waals surface area contributed by atoms with Gasteiger partial charge >= 0.3 is 5.97 Å². The number of halogens is 1. The summed E-state index contributed by atoms with van der Waals surface area (Å²) in [4.78, 5) is 24.1. The van der Waals surface area contributed by atoms with E-state index in [-0.39, 0.29) is 6.54 Å². The number of sulfonamides is 1. The fourth-order valence-corrected chi connectivity index (χ4v) is 3.60. The number of carboxylic acid groups (broad SMARTS) is 1. The lowest BCUT2D eigenvalue weighted by molar-refractivity contribution is -0.143. The van der Waals surface area contributed by atoms with Crippen LogP contribution in [0.2, 0.25) is 0 Å². The van der Waals surface area contributed by atoms with Gasteiger partial charge in [-0.05, 0) is 18.1 Å². The summed E-state index contributed by atoms with van der Waals surface area (Å²) in [5, 5.41) is 8.93. The molecule has 0 fully saturated rings. The molecule has 1 rings (SSSR count). The third kappa shape index (κ3) is 5.50. The summed E-state index contributed by atoms with van der Waals surface area (Å²) in [6.45, 7) is 4.65. The van der Waals surface area contributed by atoms with Crippen LogP contribution in [0.5, 0.6) is 0 Å². The number of carbonyl (C=O) groups is 2. The number of rotatable bonds is 8. The molecule has 1 aromatic rings. The Morgan fingerprint density at radius 3 is 2.28 bits per heavy atom. The molecule has 0 spiro atoms. The first kappa shape index (κ1) is 21.0. The highest BCUT2D eigenvalue weighted by Gasteiger charge is 2.32. The summed E-state index contributed by atoms with van der Waals surface area (Å²) in [5.41, 5.74) is 0. The fraction of sp³-hybridized carbons (Fsp3) is 0.500. The number of carbonyl (C=O) groups excluding carboxylic acids is 1. The van der Waals surface area contributed by atoms with Crippen molar-refractivity contribution in [2.75, 3.05) is 13.6 Å². The molecule has 0 saturated carbocycles. The summed E-state index contributed by atoms with van der Waals surface area (Å²) < 4.78 is 40.8. The van der Waals surface area contributed by atoms with Crippen molar-refractivity contribution in [2.24, 2.45) is 11.8 Å². The van der Waals surface area contributed by atoms with Crippen molar-refractivity contribution in [3.63, 3.8) is 0 Å². The highest BCUT2D eigenvalue weighted by atomic mass is 32.2. The number of nitrogens with one attached hydrogen (secondary N) is 1. The number of benzene rings is 1. The van der Waals surface area contributed by atoms with E-state index in [1.165, 1.54) is 26.1 Å². The average molecular weight is 374 g/mol. The molecule has 0 aliphatic heterocycles. The lowest BCUT2D eigenvalue weighted by atomic mass is 10.0. The standard InChI is InChI=1S/C16H23FN2O5S/c1-10(2)14(15(20)19(4)9-11(3)16(21)22)18-25(23,24)13-8-6-5-7-12(13)17/h5-8,10-11,14,18H,9H2,1-4H3,(H,21,22)/t11?,14-/m0/s1. The Labute approximate surface area is 146 Å². The van der Waals surface area contributed by atoms with Gasteiger partial charge in [-0.1, -0.05) is 32.9 Å². The molecule has 2 atom stereocenters. The van der Waals surface area contributed by atoms with Crippen molar-refractivity contribution in [2.45, 2.75) is 31.7 Å². The van der Waals surface area contributed by atoms with Gasteiger partial charge in [-0.15, -0.1) is 0 Å². The average Bonchev–Trinajstić information content (AvgIpc) is 2.51. The molecule has 0 saturated heterocycles. The highest BCUT2D eigenvalue weighted by Crippen LogP contribution is 2.16. The Balaban J connectivity index is 3.02. The normalized spacial score (nSPS) is 14.2. The molecule has 9 heteroatoms. The van der Waals surface area contributed by atoms with Crippen LogP contribution in [0.15, 0.2) is 29.2 Å². The number of nitrogens with zero attached hydrogens (tertiary/aromatic N) is 1. The molecule has 0 aliphatic carbocycles. The predicted octanol–water partition coefficient (Wildman–Crippen LogP) is 1.31. The minimum atomic E-state index is -4.25. The van der Waals surface area contributed by atoms with Crippen LogP contribution in [-0.4, -0.2) is 49.9 Å². The summed E-state index contributed by atoms with van der Waals surface area (Å²) in [5.74, 6) is -3.78. The first-order valence-corrected chi connectivity index (χ1v) is 9.20. The molecule has 1 amide bonds. The lowest BCUT2D eigenvalue weighted by Gasteiger charge is -2.28. The molecule has 25 heavy (non-hydrogen) atoms. The van der Waals surface area contributed by atoms with E-state index in [0.29, 0.717) is 0 Å². The van der Waals surface area contributed by atoms with Crippen LogP contribution < -0.4 is 4.72 Å². The maximum Gasteiger partial charge on any atom is 0.308 e. The number of hydrogen-bond acceptors (Lipinski definition) is 4. The van der Waals surface area contributed by atoms with Crippen molar-refractivity contribution in [1.82, 2.24) is 9.62 Å². The number of amides is 1. The number of hydrogen-bond donors (Lipinski definition) is 2. The van der Waals surface area contributed by atoms with Gasteiger partial charge in [0.1, 0.15) is 16.8 Å². The van der Waals surface area contributed by atoms with Gasteiger partial charge in [0.15, 0.2) is 0 Å². The van der Waals surface area contributed by atoms with Crippen molar-refractivity contribution in [3.8, 4) is 0 Å². The van der Waals surface area contributed by atoms with Gasteiger partial charge in [0.25, 0.3) is 0 Å². The summed E-state index contributed by atoms with van der Waals surface area (Å²) in [6, 6.07) is 3.72. The SMILES string of the molecule is CC(CN(C)C(=O)[C@@H](NS(=O)(=O)c1ccccc1F)C(C)C)C(=O)O. The first-order chi connectivity index (χ1) is 11.5. The van der Waals surface area contributed by atoms with Crippen molar-refractivity contribution < 1.29 is 27.5 Å². The van der Waals surface area contributed by atoms with Crippen molar-refractivity contribution >= 4 is 21.9 Å². The van der Waals surface area contributed by atoms with Gasteiger partial charge in [0, 0.05) is 13.6 Å². The second-order valence-electron chi connectivity index (χ2n) is 6.23. The Kier molecular flexibility index (Phi) is 7.06. The molecular weight excluding hydrogens is 351 g/mol. The maximum absolute atomic E-state index is 13.8. The number of aliphatic carboxylic acids is 1. The zero-order valence-corrected chi connectivity index (χ0v) is 15.4. The molecule has 0 aliphatic rings. The third-order valence-corrected chi connectivity index (χ3v) is 5.16. The first-order valence-electron chi connectivity index (χ1n) is 7.72. The Morgan fingerprint density at radius 1 is 1.24 bits per heavy atom. The second kappa shape index (κ2) is 8.39. The summed E-state index contributed by atoms with van der Waals surface area (Å²) in [6.07, 6.45) is 0. The van der Waals surface area contributed by atoms with E-state index in [4.69, 9.17) is 5.11 Å². The van der Waals surface area contributed by atoms with E-state index in [1.54, 1.807) is 13.8 Å². The molecule has 0 aromatic heterocycles. The minimum Gasteiger partial charge on any atom is -0.481 e. The topological polar surface area (TPSA) is 104 Å². The van der Waals surface area contributed by atoms with E-state index in [0.717, 1.165) is 17.0 Å². The molecule has 1 aromatic carbocycles. The molecule has 7 nitrogen and oxygen atoms in total. The van der Waals surface area contributed by atoms with E-state index < -0.39 is 50.5 Å². The van der Waals surface area contributed by atoms with Crippen LogP contribution in [0.4, 0.5) is 4.39 Å². The van der Waals surface area contributed by atoms with Gasteiger partial charge < -0.3 is 10.0 Å². The summed E-state index contributed by atoms with van der Waals surface area (Å²) in [7, 11) is -2.85. The third-order valence-electron chi connectivity index (χ3n) is 3.69. The van der Waals surface area contributed by atoms with Crippen LogP contribution in [0.3, 0.4) is 0 Å². The lowest BCUT2D eigenvalue weighted by Crippen LogP contribution is -2.51. The Morgan fingerprint density at radius 2 is 1.80 bits per heavy atom. The molecule has 1 unspecified atom stereocenters. The Bertz CT molecular complexity index is 736. The minimum absolute atomic E-state index is 0.0706. The molecule has 140 valence electrons. The zero-order valence-electron chi connectivity index (χ0n) is 14.6. The smallest absolute Gasteiger partial charge is 0.308 e. The fourth-order valence-electron chi connectivity index (χ4n) is 2.18. The molecule has 0 bridgehead atoms. The van der Waals surface area contributed by atoms with Crippen LogP contribution in [0, 0.1) is 17.7 Å². The number of likely N-dealkylation sites (N-methyl/N-ethyl adjacent to an activating group) is 1. The zero-order chi connectivity index (χ0) is 19.4. The maximum atomic E-state index is 13.8. The van der Waals surface area contributed by atoms with Crippen LogP contribution >= 0.6 is 0 Å². The van der Waals surface area contributed by atoms with Crippen molar-refractivity contribution in [1.29, 1.82) is 0 Å². The molecule has 0 radical (unpaired) electrons. The van der Waals surface area contributed by atoms with Crippen LogP contribution in [0.1, 0.15) is 20.8 Å². The van der Waals surface area contributed by atoms with Gasteiger partial charge in [0.05, 0.1) is 5.92 Å². The number of carboxylic acids is 1. The largest absolute Gasteiger partial charge is 0.481 e. The van der Waals surface area contributed by atoms with E-state index in [2.05, 4.69) is 4.72 Å². The van der Waals surface area contributed by atoms with E-state index in [1.807, 2.05) is 0 Å². The molecule has 2 N–H and O–H groups in total. The van der Waals surface area contributed by atoms with E-state index >= 15 is 0 Å². The quantitative estimate of drug-likeness (QED) is 0.714. The molecule has 0 heterocycles. The Hall–Kier alpha value is -2.00. The van der Waals surface area contributed by atoms with Gasteiger partial charge in [-0.2, -0.15) is 4.72 Å². The monoisotopic (exact) mass is 374 g/mol. The van der Waals surface area contributed by atoms with Gasteiger partial charge in [-0.25, -0.2) is 12.8 Å². The predicted molar refractivity (Wildman–Crippen MR) is 89.8 cm³/mol. The van der Waals surface area contributed by atoms with Gasteiger partial charge in [0.2, 0.25) is 15.9 Å². The second-order valence-corrected chi connectivity index (χ2v) is 7.91. The van der Waals surface area contributed by atoms with Gasteiger partial charge in [-0.3, -0.25) is 9.59 Å². The van der Waals surface area contributed by atoms with Crippen molar-refractivity contribution in [3.05, 3.63) is 30.1 Å². The summed E-state index contributed by atoms with van der Waals surface area (Å²) >= 11 is 0.